The zero-order chi connectivity index (χ0) is 14.9. The molecule has 0 heterocycles. The Kier molecular flexibility index (Phi) is 4.08. The molecule has 0 bridgehead atoms. The number of nitrogen functional groups attached to an aromatic ring is 1. The van der Waals surface area contributed by atoms with Crippen molar-refractivity contribution in [2.24, 2.45) is 0 Å². The predicted octanol–water partition coefficient (Wildman–Crippen LogP) is 4.20. The van der Waals surface area contributed by atoms with Crippen LogP contribution in [0.15, 0.2) is 28.7 Å². The second kappa shape index (κ2) is 5.62. The minimum absolute atomic E-state index is 0.0177. The van der Waals surface area contributed by atoms with Gasteiger partial charge in [0.15, 0.2) is 0 Å². The van der Waals surface area contributed by atoms with E-state index in [9.17, 15) is 13.2 Å². The van der Waals surface area contributed by atoms with E-state index in [1.165, 1.54) is 13.2 Å². The van der Waals surface area contributed by atoms with Crippen molar-refractivity contribution in [2.75, 3.05) is 18.2 Å². The minimum atomic E-state index is -0.728. The summed E-state index contributed by atoms with van der Waals surface area (Å²) >= 11 is 2.86. The van der Waals surface area contributed by atoms with Crippen LogP contribution in [-0.4, -0.2) is 7.11 Å². The van der Waals surface area contributed by atoms with Crippen molar-refractivity contribution in [3.8, 4) is 5.75 Å². The van der Waals surface area contributed by atoms with Gasteiger partial charge >= 0.3 is 0 Å². The van der Waals surface area contributed by atoms with E-state index in [1.54, 1.807) is 0 Å². The van der Waals surface area contributed by atoms with Gasteiger partial charge in [0, 0.05) is 18.2 Å². The van der Waals surface area contributed by atoms with Gasteiger partial charge in [-0.2, -0.15) is 0 Å². The SMILES string of the molecule is COc1cc(Nc2cc(F)c(Br)cc2F)c(F)cc1N. The smallest absolute Gasteiger partial charge is 0.148 e. The van der Waals surface area contributed by atoms with Crippen LogP contribution >= 0.6 is 15.9 Å². The molecule has 0 radical (unpaired) electrons. The van der Waals surface area contributed by atoms with Crippen molar-refractivity contribution in [1.29, 1.82) is 0 Å². The molecule has 2 aromatic carbocycles. The highest BCUT2D eigenvalue weighted by Crippen LogP contribution is 2.32. The van der Waals surface area contributed by atoms with E-state index in [2.05, 4.69) is 21.2 Å². The number of halogens is 4. The molecule has 0 saturated carbocycles. The highest BCUT2D eigenvalue weighted by Gasteiger charge is 2.13. The Labute approximate surface area is 121 Å². The normalized spacial score (nSPS) is 10.4. The first-order valence-electron chi connectivity index (χ1n) is 5.47. The Bertz CT molecular complexity index is 665. The first kappa shape index (κ1) is 14.5. The zero-order valence-corrected chi connectivity index (χ0v) is 11.9. The number of rotatable bonds is 3. The van der Waals surface area contributed by atoms with E-state index in [0.29, 0.717) is 0 Å². The van der Waals surface area contributed by atoms with E-state index in [4.69, 9.17) is 10.5 Å². The lowest BCUT2D eigenvalue weighted by molar-refractivity contribution is 0.416. The maximum Gasteiger partial charge on any atom is 0.148 e. The van der Waals surface area contributed by atoms with Crippen molar-refractivity contribution in [2.45, 2.75) is 0 Å². The summed E-state index contributed by atoms with van der Waals surface area (Å²) in [6.07, 6.45) is 0. The second-order valence-electron chi connectivity index (χ2n) is 3.95. The Morgan fingerprint density at radius 1 is 1.00 bits per heavy atom. The van der Waals surface area contributed by atoms with Gasteiger partial charge in [0.2, 0.25) is 0 Å². The van der Waals surface area contributed by atoms with Gasteiger partial charge in [0.1, 0.15) is 23.2 Å². The molecule has 0 unspecified atom stereocenters. The van der Waals surface area contributed by atoms with Crippen LogP contribution in [0, 0.1) is 17.5 Å². The molecule has 0 aliphatic rings. The van der Waals surface area contributed by atoms with Gasteiger partial charge in [-0.1, -0.05) is 0 Å². The largest absolute Gasteiger partial charge is 0.495 e. The average molecular weight is 347 g/mol. The van der Waals surface area contributed by atoms with Crippen LogP contribution in [0.25, 0.3) is 0 Å². The molecule has 20 heavy (non-hydrogen) atoms. The number of methoxy groups -OCH3 is 1. The maximum absolute atomic E-state index is 13.7. The first-order chi connectivity index (χ1) is 9.42. The molecule has 0 aliphatic heterocycles. The summed E-state index contributed by atoms with van der Waals surface area (Å²) in [6.45, 7) is 0. The standard InChI is InChI=1S/C13H10BrF3N2O/c1-20-13-5-12(9(17)3-10(13)18)19-11-4-7(15)6(14)2-8(11)16/h2-5,19H,18H2,1H3. The van der Waals surface area contributed by atoms with Crippen molar-refractivity contribution < 1.29 is 17.9 Å². The van der Waals surface area contributed by atoms with Crippen molar-refractivity contribution >= 4 is 33.0 Å². The van der Waals surface area contributed by atoms with Crippen LogP contribution in [0.4, 0.5) is 30.2 Å². The first-order valence-corrected chi connectivity index (χ1v) is 6.26. The number of hydrogen-bond acceptors (Lipinski definition) is 3. The molecule has 0 fully saturated rings. The van der Waals surface area contributed by atoms with Gasteiger partial charge in [0.05, 0.1) is 28.6 Å². The van der Waals surface area contributed by atoms with Gasteiger partial charge in [-0.3, -0.25) is 0 Å². The molecule has 2 aromatic rings. The predicted molar refractivity (Wildman–Crippen MR) is 74.7 cm³/mol. The van der Waals surface area contributed by atoms with Crippen LogP contribution in [0.5, 0.6) is 5.75 Å². The molecule has 0 saturated heterocycles. The number of anilines is 3. The molecule has 106 valence electrons. The van der Waals surface area contributed by atoms with Crippen LogP contribution in [0.3, 0.4) is 0 Å². The van der Waals surface area contributed by atoms with Gasteiger partial charge in [-0.05, 0) is 22.0 Å². The third-order valence-corrected chi connectivity index (χ3v) is 3.21. The summed E-state index contributed by atoms with van der Waals surface area (Å²) in [6, 6.07) is 4.17. The number of ether oxygens (including phenoxy) is 1. The van der Waals surface area contributed by atoms with Crippen LogP contribution in [0.2, 0.25) is 0 Å². The molecule has 3 nitrogen and oxygen atoms in total. The van der Waals surface area contributed by atoms with Crippen LogP contribution in [0.1, 0.15) is 0 Å². The molecule has 0 aliphatic carbocycles. The molecule has 2 rings (SSSR count). The number of hydrogen-bond donors (Lipinski definition) is 2. The zero-order valence-electron chi connectivity index (χ0n) is 10.3. The monoisotopic (exact) mass is 346 g/mol. The van der Waals surface area contributed by atoms with Crippen molar-refractivity contribution in [1.82, 2.24) is 0 Å². The lowest BCUT2D eigenvalue weighted by atomic mass is 10.2. The van der Waals surface area contributed by atoms with Crippen molar-refractivity contribution in [3.63, 3.8) is 0 Å². The number of nitrogens with one attached hydrogen (secondary N) is 1. The summed E-state index contributed by atoms with van der Waals surface area (Å²) in [4.78, 5) is 0. The van der Waals surface area contributed by atoms with Crippen molar-refractivity contribution in [3.05, 3.63) is 46.2 Å². The fraction of sp³-hybridized carbons (Fsp3) is 0.0769. The van der Waals surface area contributed by atoms with Gasteiger partial charge in [0.25, 0.3) is 0 Å². The van der Waals surface area contributed by atoms with Gasteiger partial charge in [-0.15, -0.1) is 0 Å². The summed E-state index contributed by atoms with van der Waals surface area (Å²) < 4.78 is 45.7. The Morgan fingerprint density at radius 2 is 1.60 bits per heavy atom. The summed E-state index contributed by atoms with van der Waals surface area (Å²) in [7, 11) is 1.37. The highest BCUT2D eigenvalue weighted by molar-refractivity contribution is 9.10. The van der Waals surface area contributed by atoms with E-state index in [1.807, 2.05) is 0 Å². The van der Waals surface area contributed by atoms with E-state index < -0.39 is 17.5 Å². The number of benzene rings is 2. The molecule has 0 atom stereocenters. The fourth-order valence-electron chi connectivity index (χ4n) is 1.60. The lowest BCUT2D eigenvalue weighted by Gasteiger charge is -2.12. The third kappa shape index (κ3) is 2.82. The topological polar surface area (TPSA) is 47.3 Å². The Hall–Kier alpha value is -1.89. The van der Waals surface area contributed by atoms with E-state index in [0.717, 1.165) is 18.2 Å². The van der Waals surface area contributed by atoms with Crippen LogP contribution < -0.4 is 15.8 Å². The summed E-state index contributed by atoms with van der Waals surface area (Å²) in [5.41, 5.74) is 5.37. The van der Waals surface area contributed by atoms with Gasteiger partial charge < -0.3 is 15.8 Å². The highest BCUT2D eigenvalue weighted by atomic mass is 79.9. The van der Waals surface area contributed by atoms with E-state index >= 15 is 0 Å². The Morgan fingerprint density at radius 3 is 2.25 bits per heavy atom. The molecular weight excluding hydrogens is 337 g/mol. The van der Waals surface area contributed by atoms with E-state index in [-0.39, 0.29) is 27.3 Å². The second-order valence-corrected chi connectivity index (χ2v) is 4.80. The molecule has 7 heteroatoms. The molecular formula is C13H10BrF3N2O. The molecule has 0 spiro atoms. The fourth-order valence-corrected chi connectivity index (χ4v) is 1.92. The average Bonchev–Trinajstić information content (AvgIpc) is 2.38. The van der Waals surface area contributed by atoms with Crippen LogP contribution in [-0.2, 0) is 0 Å². The van der Waals surface area contributed by atoms with Gasteiger partial charge in [-0.25, -0.2) is 13.2 Å². The third-order valence-electron chi connectivity index (χ3n) is 2.60. The minimum Gasteiger partial charge on any atom is -0.495 e. The molecule has 0 aromatic heterocycles. The number of nitrogens with two attached hydrogens (primary N) is 1. The Balaban J connectivity index is 2.42. The lowest BCUT2D eigenvalue weighted by Crippen LogP contribution is -2.01. The molecule has 3 N–H and O–H groups in total. The summed E-state index contributed by atoms with van der Waals surface area (Å²) in [5, 5.41) is 2.46. The maximum atomic E-state index is 13.7. The quantitative estimate of drug-likeness (QED) is 0.646. The molecule has 0 amide bonds. The summed E-state index contributed by atoms with van der Waals surface area (Å²) in [5.74, 6) is -1.87.